The molecule has 106 valence electrons. The maximum absolute atomic E-state index is 12.6. The Morgan fingerprint density at radius 2 is 1.90 bits per heavy atom. The van der Waals surface area contributed by atoms with Gasteiger partial charge in [-0.25, -0.2) is 0 Å². The van der Waals surface area contributed by atoms with Crippen molar-refractivity contribution in [3.8, 4) is 0 Å². The van der Waals surface area contributed by atoms with Crippen LogP contribution in [0.25, 0.3) is 0 Å². The number of hydrogen-bond acceptors (Lipinski definition) is 2. The Labute approximate surface area is 121 Å². The van der Waals surface area contributed by atoms with Gasteiger partial charge in [0, 0.05) is 22.4 Å². The molecule has 3 nitrogen and oxygen atoms in total. The first kappa shape index (κ1) is 14.6. The SMILES string of the molecule is Nc1ccc(Cn2cc(C(F)(F)F)ccc2=O)c(Br)c1. The first-order valence-electron chi connectivity index (χ1n) is 5.59. The Morgan fingerprint density at radius 3 is 2.50 bits per heavy atom. The van der Waals surface area contributed by atoms with E-state index in [1.54, 1.807) is 18.2 Å². The summed E-state index contributed by atoms with van der Waals surface area (Å²) in [6, 6.07) is 6.60. The van der Waals surface area contributed by atoms with E-state index in [9.17, 15) is 18.0 Å². The molecule has 0 atom stereocenters. The van der Waals surface area contributed by atoms with Crippen LogP contribution < -0.4 is 11.3 Å². The third kappa shape index (κ3) is 3.22. The van der Waals surface area contributed by atoms with Crippen molar-refractivity contribution in [2.75, 3.05) is 5.73 Å². The number of aromatic nitrogens is 1. The monoisotopic (exact) mass is 346 g/mol. The summed E-state index contributed by atoms with van der Waals surface area (Å²) in [5, 5.41) is 0. The van der Waals surface area contributed by atoms with Gasteiger partial charge in [0.1, 0.15) is 0 Å². The van der Waals surface area contributed by atoms with Gasteiger partial charge >= 0.3 is 6.18 Å². The van der Waals surface area contributed by atoms with E-state index in [0.29, 0.717) is 15.7 Å². The van der Waals surface area contributed by atoms with Gasteiger partial charge in [-0.2, -0.15) is 13.2 Å². The van der Waals surface area contributed by atoms with Crippen LogP contribution in [0.3, 0.4) is 0 Å². The molecule has 0 aliphatic rings. The molecule has 0 saturated carbocycles. The summed E-state index contributed by atoms with van der Waals surface area (Å²) in [5.41, 5.74) is 5.42. The minimum Gasteiger partial charge on any atom is -0.399 e. The van der Waals surface area contributed by atoms with Crippen molar-refractivity contribution in [1.29, 1.82) is 0 Å². The molecule has 20 heavy (non-hydrogen) atoms. The molecule has 1 aromatic carbocycles. The minimum atomic E-state index is -4.48. The lowest BCUT2D eigenvalue weighted by Crippen LogP contribution is -2.22. The molecule has 0 amide bonds. The van der Waals surface area contributed by atoms with Gasteiger partial charge in [-0.15, -0.1) is 0 Å². The topological polar surface area (TPSA) is 48.0 Å². The average Bonchev–Trinajstić information content (AvgIpc) is 2.33. The fraction of sp³-hybridized carbons (Fsp3) is 0.154. The highest BCUT2D eigenvalue weighted by molar-refractivity contribution is 9.10. The van der Waals surface area contributed by atoms with Crippen molar-refractivity contribution in [1.82, 2.24) is 4.57 Å². The predicted molar refractivity (Wildman–Crippen MR) is 73.4 cm³/mol. The molecular weight excluding hydrogens is 337 g/mol. The van der Waals surface area contributed by atoms with Crippen LogP contribution in [0.15, 0.2) is 45.8 Å². The van der Waals surface area contributed by atoms with Gasteiger partial charge in [0.2, 0.25) is 0 Å². The van der Waals surface area contributed by atoms with E-state index >= 15 is 0 Å². The molecule has 0 spiro atoms. The molecule has 2 aromatic rings. The highest BCUT2D eigenvalue weighted by Gasteiger charge is 2.31. The number of benzene rings is 1. The molecule has 7 heteroatoms. The number of halogens is 4. The van der Waals surface area contributed by atoms with Crippen LogP contribution in [0, 0.1) is 0 Å². The first-order valence-corrected chi connectivity index (χ1v) is 6.38. The number of nitrogens with two attached hydrogens (primary N) is 1. The number of hydrogen-bond donors (Lipinski definition) is 1. The highest BCUT2D eigenvalue weighted by Crippen LogP contribution is 2.28. The average molecular weight is 347 g/mol. The maximum Gasteiger partial charge on any atom is 0.417 e. The van der Waals surface area contributed by atoms with Gasteiger partial charge < -0.3 is 10.3 Å². The van der Waals surface area contributed by atoms with Gasteiger partial charge in [0.25, 0.3) is 5.56 Å². The molecule has 0 saturated heterocycles. The summed E-state index contributed by atoms with van der Waals surface area (Å²) in [7, 11) is 0. The minimum absolute atomic E-state index is 0.0314. The second-order valence-corrected chi connectivity index (χ2v) is 5.09. The molecule has 1 aromatic heterocycles. The fourth-order valence-corrected chi connectivity index (χ4v) is 2.22. The Hall–Kier alpha value is -1.76. The van der Waals surface area contributed by atoms with Crippen molar-refractivity contribution in [3.63, 3.8) is 0 Å². The zero-order valence-corrected chi connectivity index (χ0v) is 11.7. The molecular formula is C13H10BrF3N2O. The third-order valence-corrected chi connectivity index (χ3v) is 3.47. The summed E-state index contributed by atoms with van der Waals surface area (Å²) in [5.74, 6) is 0. The van der Waals surface area contributed by atoms with Crippen LogP contribution in [0.4, 0.5) is 18.9 Å². The summed E-state index contributed by atoms with van der Waals surface area (Å²) in [6.45, 7) is 0.0314. The summed E-state index contributed by atoms with van der Waals surface area (Å²) >= 11 is 3.27. The lowest BCUT2D eigenvalue weighted by Gasteiger charge is -2.12. The highest BCUT2D eigenvalue weighted by atomic mass is 79.9. The van der Waals surface area contributed by atoms with Crippen molar-refractivity contribution < 1.29 is 13.2 Å². The number of nitrogen functional groups attached to an aromatic ring is 1. The largest absolute Gasteiger partial charge is 0.417 e. The van der Waals surface area contributed by atoms with Crippen LogP contribution in [0.2, 0.25) is 0 Å². The molecule has 0 radical (unpaired) electrons. The van der Waals surface area contributed by atoms with Crippen LogP contribution in [-0.2, 0) is 12.7 Å². The fourth-order valence-electron chi connectivity index (χ4n) is 1.70. The quantitative estimate of drug-likeness (QED) is 0.848. The molecule has 0 aliphatic carbocycles. The summed E-state index contributed by atoms with van der Waals surface area (Å²) in [6.07, 6.45) is -3.67. The van der Waals surface area contributed by atoms with Gasteiger partial charge in [-0.1, -0.05) is 22.0 Å². The van der Waals surface area contributed by atoms with Gasteiger partial charge in [-0.05, 0) is 23.8 Å². The van der Waals surface area contributed by atoms with Crippen molar-refractivity contribution in [3.05, 3.63) is 62.5 Å². The van der Waals surface area contributed by atoms with E-state index < -0.39 is 17.3 Å². The maximum atomic E-state index is 12.6. The Kier molecular flexibility index (Phi) is 3.89. The lowest BCUT2D eigenvalue weighted by molar-refractivity contribution is -0.138. The van der Waals surface area contributed by atoms with E-state index in [1.165, 1.54) is 0 Å². The van der Waals surface area contributed by atoms with Crippen LogP contribution in [0.5, 0.6) is 0 Å². The number of nitrogens with zero attached hydrogens (tertiary/aromatic N) is 1. The summed E-state index contributed by atoms with van der Waals surface area (Å²) < 4.78 is 39.5. The van der Waals surface area contributed by atoms with Crippen molar-refractivity contribution in [2.24, 2.45) is 0 Å². The zero-order chi connectivity index (χ0) is 14.9. The molecule has 2 rings (SSSR count). The van der Waals surface area contributed by atoms with Crippen molar-refractivity contribution in [2.45, 2.75) is 12.7 Å². The van der Waals surface area contributed by atoms with Crippen LogP contribution in [0.1, 0.15) is 11.1 Å². The summed E-state index contributed by atoms with van der Waals surface area (Å²) in [4.78, 5) is 11.6. The van der Waals surface area contributed by atoms with Gasteiger partial charge in [-0.3, -0.25) is 4.79 Å². The molecule has 0 bridgehead atoms. The predicted octanol–water partition coefficient (Wildman–Crippen LogP) is 3.26. The number of pyridine rings is 1. The number of rotatable bonds is 2. The second-order valence-electron chi connectivity index (χ2n) is 4.23. The Morgan fingerprint density at radius 1 is 1.20 bits per heavy atom. The Balaban J connectivity index is 2.40. The number of anilines is 1. The zero-order valence-electron chi connectivity index (χ0n) is 10.1. The molecule has 1 heterocycles. The lowest BCUT2D eigenvalue weighted by atomic mass is 10.2. The van der Waals surface area contributed by atoms with E-state index in [-0.39, 0.29) is 6.54 Å². The molecule has 0 aliphatic heterocycles. The van der Waals surface area contributed by atoms with Crippen LogP contribution in [-0.4, -0.2) is 4.57 Å². The van der Waals surface area contributed by atoms with Gasteiger partial charge in [0.05, 0.1) is 12.1 Å². The smallest absolute Gasteiger partial charge is 0.399 e. The van der Waals surface area contributed by atoms with E-state index in [1.807, 2.05) is 0 Å². The molecule has 0 unspecified atom stereocenters. The van der Waals surface area contributed by atoms with E-state index in [2.05, 4.69) is 15.9 Å². The van der Waals surface area contributed by atoms with E-state index in [4.69, 9.17) is 5.73 Å². The van der Waals surface area contributed by atoms with E-state index in [0.717, 1.165) is 22.9 Å². The molecule has 2 N–H and O–H groups in total. The standard InChI is InChI=1S/C13H10BrF3N2O/c14-11-5-10(18)3-1-8(11)6-19-7-9(13(15,16)17)2-4-12(19)20/h1-5,7H,6,18H2. The first-order chi connectivity index (χ1) is 9.27. The normalized spacial score (nSPS) is 11.6. The van der Waals surface area contributed by atoms with Crippen LogP contribution >= 0.6 is 15.9 Å². The van der Waals surface area contributed by atoms with Gasteiger partial charge in [0.15, 0.2) is 0 Å². The molecule has 0 fully saturated rings. The number of alkyl halides is 3. The van der Waals surface area contributed by atoms with Crippen molar-refractivity contribution >= 4 is 21.6 Å². The second kappa shape index (κ2) is 5.32. The Bertz CT molecular complexity index is 695. The third-order valence-electron chi connectivity index (χ3n) is 2.73.